The van der Waals surface area contributed by atoms with Gasteiger partial charge in [0.05, 0.1) is 6.10 Å². The zero-order valence-corrected chi connectivity index (χ0v) is 7.55. The van der Waals surface area contributed by atoms with Gasteiger partial charge in [0.2, 0.25) is 0 Å². The smallest absolute Gasteiger partial charge is 0.377 e. The Kier molecular flexibility index (Phi) is 3.30. The number of carboxylic acid groups (broad SMARTS) is 1. The number of rotatable bonds is 2. The molecule has 1 heterocycles. The first-order valence-corrected chi connectivity index (χ1v) is 4.37. The van der Waals surface area contributed by atoms with Crippen molar-refractivity contribution in [2.75, 3.05) is 6.54 Å². The molecule has 13 heavy (non-hydrogen) atoms. The molecule has 1 saturated heterocycles. The van der Waals surface area contributed by atoms with E-state index in [1.165, 1.54) is 11.6 Å². The highest BCUT2D eigenvalue weighted by atomic mass is 16.4. The van der Waals surface area contributed by atoms with Gasteiger partial charge in [-0.3, -0.25) is 4.79 Å². The van der Waals surface area contributed by atoms with Gasteiger partial charge in [0.25, 0.3) is 0 Å². The summed E-state index contributed by atoms with van der Waals surface area (Å²) in [6, 6.07) is -0.760. The van der Waals surface area contributed by atoms with E-state index in [-0.39, 0.29) is 6.42 Å². The Balaban J connectivity index is 2.66. The van der Waals surface area contributed by atoms with E-state index in [9.17, 15) is 14.9 Å². The number of hydrogen-bond acceptors (Lipinski definition) is 4. The van der Waals surface area contributed by atoms with E-state index in [0.29, 0.717) is 13.0 Å². The molecule has 0 spiro atoms. The molecule has 3 N–H and O–H groups in total. The Hall–Kier alpha value is -0.585. The van der Waals surface area contributed by atoms with Gasteiger partial charge in [-0.05, 0) is 26.2 Å². The Labute approximate surface area is 77.1 Å². The number of aliphatic hydroxyl groups is 1. The molecule has 0 aromatic carbocycles. The van der Waals surface area contributed by atoms with E-state index >= 15 is 0 Å². The van der Waals surface area contributed by atoms with Crippen molar-refractivity contribution in [3.63, 3.8) is 0 Å². The monoisotopic (exact) mass is 187 g/mol. The van der Waals surface area contributed by atoms with Crippen LogP contribution in [0.25, 0.3) is 0 Å². The van der Waals surface area contributed by atoms with Gasteiger partial charge in [0.15, 0.2) is 0 Å². The van der Waals surface area contributed by atoms with E-state index in [1.54, 1.807) is 0 Å². The fourth-order valence-electron chi connectivity index (χ4n) is 1.65. The van der Waals surface area contributed by atoms with Gasteiger partial charge in [0.1, 0.15) is 6.04 Å². The lowest BCUT2D eigenvalue weighted by molar-refractivity contribution is -0.144. The van der Waals surface area contributed by atoms with Crippen LogP contribution in [-0.2, 0) is 4.79 Å². The van der Waals surface area contributed by atoms with Crippen LogP contribution >= 0.6 is 0 Å². The molecule has 1 aliphatic rings. The van der Waals surface area contributed by atoms with Crippen LogP contribution in [0.15, 0.2) is 0 Å². The van der Waals surface area contributed by atoms with Gasteiger partial charge in [-0.25, -0.2) is 0 Å². The molecule has 0 aromatic heterocycles. The van der Waals surface area contributed by atoms with Crippen LogP contribution in [0, 0.1) is 0 Å². The molecule has 1 rings (SSSR count). The van der Waals surface area contributed by atoms with Crippen molar-refractivity contribution in [1.82, 2.24) is 4.81 Å². The molecule has 0 aromatic rings. The summed E-state index contributed by atoms with van der Waals surface area (Å²) in [6.07, 6.45) is 0.158. The van der Waals surface area contributed by atoms with Crippen molar-refractivity contribution in [1.29, 1.82) is 0 Å². The maximum Gasteiger partial charge on any atom is 0.377 e. The first-order valence-electron chi connectivity index (χ1n) is 4.37. The second-order valence-electron chi connectivity index (χ2n) is 3.40. The summed E-state index contributed by atoms with van der Waals surface area (Å²) in [5.41, 5.74) is 0. The van der Waals surface area contributed by atoms with Crippen LogP contribution in [0.3, 0.4) is 0 Å². The lowest BCUT2D eigenvalue weighted by atomic mass is 9.79. The minimum absolute atomic E-state index is 0.195. The Morgan fingerprint density at radius 3 is 2.69 bits per heavy atom. The van der Waals surface area contributed by atoms with Gasteiger partial charge in [-0.2, -0.15) is 0 Å². The average molecular weight is 187 g/mol. The molecule has 0 aliphatic carbocycles. The molecule has 0 bridgehead atoms. The maximum absolute atomic E-state index is 10.8. The highest BCUT2D eigenvalue weighted by molar-refractivity contribution is 6.45. The van der Waals surface area contributed by atoms with Crippen LogP contribution in [0.1, 0.15) is 12.8 Å². The fraction of sp³-hybridized carbons (Fsp3) is 0.857. The summed E-state index contributed by atoms with van der Waals surface area (Å²) in [6.45, 7) is 1.96. The maximum atomic E-state index is 10.8. The molecular weight excluding hydrogens is 173 g/mol. The summed E-state index contributed by atoms with van der Waals surface area (Å²) in [5, 5.41) is 27.3. The zero-order valence-electron chi connectivity index (χ0n) is 7.55. The Morgan fingerprint density at radius 1 is 1.62 bits per heavy atom. The molecule has 2 atom stereocenters. The second kappa shape index (κ2) is 4.08. The van der Waals surface area contributed by atoms with Crippen LogP contribution in [0.5, 0.6) is 0 Å². The van der Waals surface area contributed by atoms with Crippen molar-refractivity contribution in [2.45, 2.75) is 31.8 Å². The minimum atomic E-state index is -0.986. The number of hydrogen-bond donors (Lipinski definition) is 3. The minimum Gasteiger partial charge on any atom is -0.480 e. The van der Waals surface area contributed by atoms with Crippen molar-refractivity contribution < 1.29 is 20.0 Å². The third kappa shape index (κ3) is 2.43. The van der Waals surface area contributed by atoms with Crippen molar-refractivity contribution in [3.05, 3.63) is 0 Å². The molecule has 0 saturated carbocycles. The van der Waals surface area contributed by atoms with Gasteiger partial charge < -0.3 is 20.0 Å². The molecule has 0 radical (unpaired) electrons. The molecule has 1 aliphatic heterocycles. The summed E-state index contributed by atoms with van der Waals surface area (Å²) in [5.74, 6) is -0.986. The number of nitrogens with zero attached hydrogens (tertiary/aromatic N) is 1. The quantitative estimate of drug-likeness (QED) is 0.483. The summed E-state index contributed by atoms with van der Waals surface area (Å²) in [4.78, 5) is 12.2. The highest BCUT2D eigenvalue weighted by Gasteiger charge is 2.35. The summed E-state index contributed by atoms with van der Waals surface area (Å²) >= 11 is 0. The Morgan fingerprint density at radius 2 is 2.23 bits per heavy atom. The fourth-order valence-corrected chi connectivity index (χ4v) is 1.65. The zero-order chi connectivity index (χ0) is 10.0. The second-order valence-corrected chi connectivity index (χ2v) is 3.40. The van der Waals surface area contributed by atoms with E-state index in [4.69, 9.17) is 5.11 Å². The number of piperidine rings is 1. The van der Waals surface area contributed by atoms with E-state index < -0.39 is 25.2 Å². The van der Waals surface area contributed by atoms with E-state index in [0.717, 1.165) is 0 Å². The predicted octanol–water partition coefficient (Wildman–Crippen LogP) is -0.993. The molecule has 1 fully saturated rings. The summed E-state index contributed by atoms with van der Waals surface area (Å²) in [7, 11) is -0.770. The highest BCUT2D eigenvalue weighted by Crippen LogP contribution is 2.18. The van der Waals surface area contributed by atoms with Crippen molar-refractivity contribution in [3.8, 4) is 0 Å². The van der Waals surface area contributed by atoms with Crippen LogP contribution in [0.4, 0.5) is 0 Å². The number of aliphatic hydroxyl groups excluding tert-OH is 1. The molecule has 74 valence electrons. The topological polar surface area (TPSA) is 81.0 Å². The third-order valence-electron chi connectivity index (χ3n) is 2.38. The van der Waals surface area contributed by atoms with Gasteiger partial charge in [-0.15, -0.1) is 0 Å². The predicted molar refractivity (Wildman–Crippen MR) is 47.2 cm³/mol. The largest absolute Gasteiger partial charge is 0.480 e. The number of carboxylic acids is 1. The third-order valence-corrected chi connectivity index (χ3v) is 2.38. The van der Waals surface area contributed by atoms with Crippen LogP contribution in [-0.4, -0.2) is 51.8 Å². The molecular formula is C7H14BNO4. The standard InChI is InChI=1S/C7H14BNO4/c1-8(13)9-3-2-5(10)4-6(9)7(11)12/h5-6,10,13H,2-4H2,1H3,(H,11,12)/t5-,6+/m0/s1. The molecule has 0 unspecified atom stereocenters. The van der Waals surface area contributed by atoms with Crippen molar-refractivity contribution in [2.24, 2.45) is 0 Å². The number of carbonyl (C=O) groups is 1. The lowest BCUT2D eigenvalue weighted by Gasteiger charge is -2.35. The SMILES string of the molecule is CB(O)N1CC[C@H](O)C[C@@H]1C(=O)O. The van der Waals surface area contributed by atoms with E-state index in [2.05, 4.69) is 0 Å². The first-order chi connectivity index (χ1) is 6.02. The van der Waals surface area contributed by atoms with Gasteiger partial charge in [0, 0.05) is 0 Å². The lowest BCUT2D eigenvalue weighted by Crippen LogP contribution is -2.54. The normalized spacial score (nSPS) is 30.1. The van der Waals surface area contributed by atoms with Gasteiger partial charge in [-0.1, -0.05) is 0 Å². The first kappa shape index (κ1) is 10.5. The summed E-state index contributed by atoms with van der Waals surface area (Å²) < 4.78 is 0. The van der Waals surface area contributed by atoms with E-state index in [1.807, 2.05) is 0 Å². The average Bonchev–Trinajstić information content (AvgIpc) is 2.03. The molecule has 6 heteroatoms. The molecule has 5 nitrogen and oxygen atoms in total. The van der Waals surface area contributed by atoms with Crippen LogP contribution < -0.4 is 0 Å². The van der Waals surface area contributed by atoms with Crippen molar-refractivity contribution >= 4 is 13.0 Å². The Bertz CT molecular complexity index is 199. The van der Waals surface area contributed by atoms with Gasteiger partial charge >= 0.3 is 13.0 Å². The van der Waals surface area contributed by atoms with Crippen LogP contribution in [0.2, 0.25) is 6.82 Å². The molecule has 0 amide bonds. The number of aliphatic carboxylic acids is 1.